The van der Waals surface area contributed by atoms with E-state index in [-0.39, 0.29) is 5.13 Å². The molecule has 1 heterocycles. The topological polar surface area (TPSA) is 85.1 Å². The number of sulfonamides is 1. The maximum Gasteiger partial charge on any atom is 0.516 e. The van der Waals surface area contributed by atoms with Gasteiger partial charge in [-0.05, 0) is 18.2 Å². The van der Waals surface area contributed by atoms with Gasteiger partial charge in [0, 0.05) is 5.69 Å². The Bertz CT molecular complexity index is 693. The molecule has 10 heteroatoms. The van der Waals surface area contributed by atoms with E-state index in [1.54, 1.807) is 0 Å². The molecule has 0 saturated heterocycles. The summed E-state index contributed by atoms with van der Waals surface area (Å²) in [6, 6.07) is 4.51. The number of alkyl halides is 3. The number of nitrogens with one attached hydrogen (secondary N) is 1. The third-order valence-electron chi connectivity index (χ3n) is 1.94. The number of nitrogens with zero attached hydrogens (tertiary/aromatic N) is 1. The average Bonchev–Trinajstić information content (AvgIpc) is 2.56. The Morgan fingerprint density at radius 1 is 1.33 bits per heavy atom. The molecule has 0 spiro atoms. The summed E-state index contributed by atoms with van der Waals surface area (Å²) in [5, 5.41) is -0.354. The van der Waals surface area contributed by atoms with E-state index >= 15 is 0 Å². The maximum atomic E-state index is 12.1. The van der Waals surface area contributed by atoms with E-state index in [1.807, 2.05) is 0 Å². The molecule has 0 aliphatic rings. The van der Waals surface area contributed by atoms with Crippen LogP contribution in [0.1, 0.15) is 0 Å². The molecule has 98 valence electrons. The second-order valence-corrected chi connectivity index (χ2v) is 6.00. The summed E-state index contributed by atoms with van der Waals surface area (Å²) in [7, 11) is -5.44. The first-order valence-corrected chi connectivity index (χ1v) is 6.74. The molecule has 0 saturated carbocycles. The van der Waals surface area contributed by atoms with Gasteiger partial charge in [0.15, 0.2) is 5.13 Å². The van der Waals surface area contributed by atoms with Crippen molar-refractivity contribution in [3.8, 4) is 0 Å². The molecule has 0 unspecified atom stereocenters. The second-order valence-electron chi connectivity index (χ2n) is 3.30. The summed E-state index contributed by atoms with van der Waals surface area (Å²) in [6.45, 7) is 0. The Kier molecular flexibility index (Phi) is 2.86. The molecule has 0 aliphatic carbocycles. The van der Waals surface area contributed by atoms with Crippen LogP contribution in [-0.4, -0.2) is 18.9 Å². The van der Waals surface area contributed by atoms with Crippen LogP contribution < -0.4 is 10.5 Å². The molecular formula is C8H6F3N3O2S2. The van der Waals surface area contributed by atoms with Crippen LogP contribution in [0, 0.1) is 0 Å². The molecular weight excluding hydrogens is 291 g/mol. The predicted molar refractivity (Wildman–Crippen MR) is 62.6 cm³/mol. The number of rotatable bonds is 2. The van der Waals surface area contributed by atoms with E-state index < -0.39 is 15.5 Å². The van der Waals surface area contributed by atoms with E-state index in [1.165, 1.54) is 22.9 Å². The first-order valence-electron chi connectivity index (χ1n) is 4.44. The quantitative estimate of drug-likeness (QED) is 0.832. The Morgan fingerprint density at radius 3 is 2.61 bits per heavy atom. The second kappa shape index (κ2) is 3.99. The van der Waals surface area contributed by atoms with Crippen molar-refractivity contribution in [1.29, 1.82) is 0 Å². The first-order chi connectivity index (χ1) is 8.19. The maximum absolute atomic E-state index is 12.1. The van der Waals surface area contributed by atoms with Gasteiger partial charge in [-0.25, -0.2) is 4.98 Å². The fourth-order valence-electron chi connectivity index (χ4n) is 1.16. The molecule has 0 bridgehead atoms. The Balaban J connectivity index is 2.39. The minimum atomic E-state index is -5.44. The number of hydrogen-bond donors (Lipinski definition) is 2. The zero-order valence-electron chi connectivity index (χ0n) is 8.52. The standard InChI is InChI=1S/C8H6F3N3O2S2/c9-8(10,11)18(15,16)14-7-13-5-2-1-4(12)3-6(5)17-7/h1-3H,12H2,(H,13,14). The number of nitrogens with two attached hydrogens (primary N) is 1. The molecule has 0 fully saturated rings. The lowest BCUT2D eigenvalue weighted by molar-refractivity contribution is -0.0429. The Hall–Kier alpha value is -1.55. The smallest absolute Gasteiger partial charge is 0.399 e. The Morgan fingerprint density at radius 2 is 2.00 bits per heavy atom. The van der Waals surface area contributed by atoms with Crippen molar-refractivity contribution in [2.45, 2.75) is 5.51 Å². The zero-order chi connectivity index (χ0) is 13.6. The summed E-state index contributed by atoms with van der Waals surface area (Å²) in [6.07, 6.45) is 0. The van der Waals surface area contributed by atoms with Crippen molar-refractivity contribution in [3.05, 3.63) is 18.2 Å². The van der Waals surface area contributed by atoms with Crippen molar-refractivity contribution < 1.29 is 21.6 Å². The number of hydrogen-bond acceptors (Lipinski definition) is 5. The van der Waals surface area contributed by atoms with Gasteiger partial charge in [0.25, 0.3) is 0 Å². The molecule has 5 nitrogen and oxygen atoms in total. The van der Waals surface area contributed by atoms with E-state index in [4.69, 9.17) is 5.73 Å². The largest absolute Gasteiger partial charge is 0.516 e. The molecule has 2 aromatic rings. The minimum absolute atomic E-state index is 0.354. The number of benzene rings is 1. The lowest BCUT2D eigenvalue weighted by atomic mass is 10.3. The minimum Gasteiger partial charge on any atom is -0.399 e. The Labute approximate surface area is 103 Å². The van der Waals surface area contributed by atoms with E-state index in [2.05, 4.69) is 4.98 Å². The van der Waals surface area contributed by atoms with E-state index in [9.17, 15) is 21.6 Å². The molecule has 1 aromatic heterocycles. The van der Waals surface area contributed by atoms with Gasteiger partial charge in [-0.2, -0.15) is 21.6 Å². The first kappa shape index (κ1) is 12.9. The highest BCUT2D eigenvalue weighted by molar-refractivity contribution is 7.93. The van der Waals surface area contributed by atoms with E-state index in [0.717, 1.165) is 11.3 Å². The van der Waals surface area contributed by atoms with Gasteiger partial charge in [0.1, 0.15) is 0 Å². The van der Waals surface area contributed by atoms with Gasteiger partial charge >= 0.3 is 15.5 Å². The number of nitrogen functional groups attached to an aromatic ring is 1. The van der Waals surface area contributed by atoms with Gasteiger partial charge in [-0.15, -0.1) is 0 Å². The highest BCUT2D eigenvalue weighted by Gasteiger charge is 2.46. The normalized spacial score (nSPS) is 12.8. The van der Waals surface area contributed by atoms with Gasteiger partial charge < -0.3 is 5.73 Å². The molecule has 0 aliphatic heterocycles. The third-order valence-corrected chi connectivity index (χ3v) is 4.07. The van der Waals surface area contributed by atoms with E-state index in [0.29, 0.717) is 15.9 Å². The van der Waals surface area contributed by atoms with Crippen LogP contribution in [0.4, 0.5) is 24.0 Å². The van der Waals surface area contributed by atoms with Crippen LogP contribution in [0.15, 0.2) is 18.2 Å². The molecule has 3 N–H and O–H groups in total. The van der Waals surface area contributed by atoms with Crippen molar-refractivity contribution in [2.75, 3.05) is 10.5 Å². The fraction of sp³-hybridized carbons (Fsp3) is 0.125. The molecule has 0 amide bonds. The van der Waals surface area contributed by atoms with Crippen LogP contribution in [0.3, 0.4) is 0 Å². The lowest BCUT2D eigenvalue weighted by Crippen LogP contribution is -2.29. The van der Waals surface area contributed by atoms with Gasteiger partial charge in [0.2, 0.25) is 0 Å². The fourth-order valence-corrected chi connectivity index (χ4v) is 2.81. The molecule has 1 aromatic carbocycles. The predicted octanol–water partition coefficient (Wildman–Crippen LogP) is 2.14. The monoisotopic (exact) mass is 297 g/mol. The van der Waals surface area contributed by atoms with Crippen LogP contribution in [-0.2, 0) is 10.0 Å². The number of halogens is 3. The summed E-state index contributed by atoms with van der Waals surface area (Å²) in [5.41, 5.74) is 0.902. The summed E-state index contributed by atoms with van der Waals surface area (Å²) >= 11 is 0.773. The number of thiazole rings is 1. The number of fused-ring (bicyclic) bond motifs is 1. The zero-order valence-corrected chi connectivity index (χ0v) is 10.2. The molecule has 0 radical (unpaired) electrons. The third kappa shape index (κ3) is 2.34. The van der Waals surface area contributed by atoms with Gasteiger partial charge in [-0.3, -0.25) is 4.72 Å². The van der Waals surface area contributed by atoms with Crippen molar-refractivity contribution in [1.82, 2.24) is 4.98 Å². The van der Waals surface area contributed by atoms with Gasteiger partial charge in [-0.1, -0.05) is 11.3 Å². The molecule has 18 heavy (non-hydrogen) atoms. The highest BCUT2D eigenvalue weighted by Crippen LogP contribution is 2.31. The average molecular weight is 297 g/mol. The number of aromatic nitrogens is 1. The van der Waals surface area contributed by atoms with Crippen molar-refractivity contribution in [2.24, 2.45) is 0 Å². The highest BCUT2D eigenvalue weighted by atomic mass is 32.2. The summed E-state index contributed by atoms with van der Waals surface area (Å²) in [5.74, 6) is 0. The van der Waals surface area contributed by atoms with Crippen LogP contribution in [0.25, 0.3) is 10.2 Å². The summed E-state index contributed by atoms with van der Waals surface area (Å²) in [4.78, 5) is 3.73. The van der Waals surface area contributed by atoms with Crippen LogP contribution in [0.5, 0.6) is 0 Å². The van der Waals surface area contributed by atoms with Gasteiger partial charge in [0.05, 0.1) is 10.2 Å². The molecule has 0 atom stereocenters. The number of anilines is 2. The SMILES string of the molecule is Nc1ccc2nc(NS(=O)(=O)C(F)(F)F)sc2c1. The summed E-state index contributed by atoms with van der Waals surface area (Å²) < 4.78 is 60.1. The van der Waals surface area contributed by atoms with Crippen LogP contribution in [0.2, 0.25) is 0 Å². The van der Waals surface area contributed by atoms with Crippen molar-refractivity contribution >= 4 is 42.4 Å². The van der Waals surface area contributed by atoms with Crippen LogP contribution >= 0.6 is 11.3 Å². The lowest BCUT2D eigenvalue weighted by Gasteiger charge is -2.07. The molecule has 2 rings (SSSR count). The van der Waals surface area contributed by atoms with Crippen molar-refractivity contribution in [3.63, 3.8) is 0 Å².